The highest BCUT2D eigenvalue weighted by Crippen LogP contribution is 2.25. The van der Waals surface area contributed by atoms with E-state index in [-0.39, 0.29) is 24.0 Å². The largest absolute Gasteiger partial charge is 0.472 e. The molecule has 2 saturated heterocycles. The molecule has 3 heterocycles. The Bertz CT molecular complexity index is 955. The molecular weight excluding hydrogens is 394 g/mol. The number of carbonyl (C=O) groups excluding carboxylic acids is 2. The zero-order valence-electron chi connectivity index (χ0n) is 18.5. The molecule has 2 fully saturated rings. The minimum absolute atomic E-state index is 0.0665. The summed E-state index contributed by atoms with van der Waals surface area (Å²) < 4.78 is 11.6. The maximum Gasteiger partial charge on any atom is 0.410 e. The summed E-state index contributed by atoms with van der Waals surface area (Å²) in [5, 5.41) is 1.07. The number of amides is 2. The van der Waals surface area contributed by atoms with E-state index in [2.05, 4.69) is 4.98 Å². The minimum atomic E-state index is -0.537. The number of aromatic nitrogens is 1. The van der Waals surface area contributed by atoms with Crippen molar-refractivity contribution in [2.24, 2.45) is 5.92 Å². The second-order valence-corrected chi connectivity index (χ2v) is 9.42. The van der Waals surface area contributed by atoms with E-state index in [1.165, 1.54) is 0 Å². The van der Waals surface area contributed by atoms with Crippen molar-refractivity contribution in [2.45, 2.75) is 51.7 Å². The molecule has 1 aromatic heterocycles. The highest BCUT2D eigenvalue weighted by Gasteiger charge is 2.36. The molecule has 0 spiro atoms. The summed E-state index contributed by atoms with van der Waals surface area (Å²) in [5.74, 6) is 0.511. The second-order valence-electron chi connectivity index (χ2n) is 9.42. The first-order valence-electron chi connectivity index (χ1n) is 11.1. The third kappa shape index (κ3) is 5.27. The van der Waals surface area contributed by atoms with Crippen LogP contribution in [0.3, 0.4) is 0 Å². The Hall–Kier alpha value is -2.83. The number of hydrogen-bond acceptors (Lipinski definition) is 5. The molecule has 2 aliphatic rings. The van der Waals surface area contributed by atoms with Crippen LogP contribution in [0.5, 0.6) is 5.88 Å². The maximum atomic E-state index is 13.1. The molecule has 0 bridgehead atoms. The molecule has 166 valence electrons. The van der Waals surface area contributed by atoms with Crippen LogP contribution in [0.2, 0.25) is 0 Å². The molecule has 7 heteroatoms. The first-order valence-corrected chi connectivity index (χ1v) is 11.1. The van der Waals surface area contributed by atoms with Gasteiger partial charge in [0.15, 0.2) is 0 Å². The van der Waals surface area contributed by atoms with Gasteiger partial charge in [0.2, 0.25) is 11.8 Å². The number of benzene rings is 1. The second kappa shape index (κ2) is 8.73. The lowest BCUT2D eigenvalue weighted by atomic mass is 9.97. The van der Waals surface area contributed by atoms with Gasteiger partial charge in [0.25, 0.3) is 0 Å². The zero-order valence-corrected chi connectivity index (χ0v) is 18.5. The van der Waals surface area contributed by atoms with Gasteiger partial charge in [0, 0.05) is 37.5 Å². The van der Waals surface area contributed by atoms with E-state index < -0.39 is 5.60 Å². The lowest BCUT2D eigenvalue weighted by molar-refractivity contribution is -0.136. The fourth-order valence-electron chi connectivity index (χ4n) is 4.24. The number of rotatable bonds is 3. The van der Waals surface area contributed by atoms with Crippen LogP contribution < -0.4 is 4.74 Å². The van der Waals surface area contributed by atoms with Gasteiger partial charge in [-0.25, -0.2) is 9.78 Å². The normalized spacial score (nSPS) is 21.9. The van der Waals surface area contributed by atoms with Crippen LogP contribution in [0.4, 0.5) is 4.79 Å². The molecule has 1 aromatic carbocycles. The molecule has 2 aromatic rings. The van der Waals surface area contributed by atoms with Gasteiger partial charge in [-0.3, -0.25) is 4.79 Å². The van der Waals surface area contributed by atoms with Gasteiger partial charge in [0.05, 0.1) is 18.0 Å². The van der Waals surface area contributed by atoms with E-state index in [0.717, 1.165) is 30.2 Å². The number of likely N-dealkylation sites (tertiary alicyclic amines) is 2. The molecule has 7 nitrogen and oxygen atoms in total. The van der Waals surface area contributed by atoms with Crippen molar-refractivity contribution in [3.05, 3.63) is 36.4 Å². The Balaban J connectivity index is 1.32. The SMILES string of the molecule is CC(C)(C)OC(=O)N1CCCC(C(=O)N2CCC(Oc3ccc4ccccc4n3)C2)C1. The Morgan fingerprint density at radius 2 is 1.81 bits per heavy atom. The molecule has 0 radical (unpaired) electrons. The number of ether oxygens (including phenoxy) is 2. The van der Waals surface area contributed by atoms with E-state index in [1.807, 2.05) is 62.1 Å². The zero-order chi connectivity index (χ0) is 22.0. The van der Waals surface area contributed by atoms with Crippen molar-refractivity contribution in [3.63, 3.8) is 0 Å². The molecule has 2 atom stereocenters. The quantitative estimate of drug-likeness (QED) is 0.747. The third-order valence-electron chi connectivity index (χ3n) is 5.74. The lowest BCUT2D eigenvalue weighted by Crippen LogP contribution is -2.47. The summed E-state index contributed by atoms with van der Waals surface area (Å²) in [7, 11) is 0. The number of pyridine rings is 1. The molecule has 0 aliphatic carbocycles. The highest BCUT2D eigenvalue weighted by atomic mass is 16.6. The standard InChI is InChI=1S/C24H31N3O4/c1-24(2,3)31-23(29)27-13-6-8-18(15-27)22(28)26-14-12-19(16-26)30-21-11-10-17-7-4-5-9-20(17)25-21/h4-5,7,9-11,18-19H,6,8,12-16H2,1-3H3. The van der Waals surface area contributed by atoms with Gasteiger partial charge >= 0.3 is 6.09 Å². The summed E-state index contributed by atoms with van der Waals surface area (Å²) in [6, 6.07) is 11.8. The van der Waals surface area contributed by atoms with Crippen LogP contribution in [0, 0.1) is 5.92 Å². The van der Waals surface area contributed by atoms with Gasteiger partial charge in [0.1, 0.15) is 11.7 Å². The van der Waals surface area contributed by atoms with E-state index in [1.54, 1.807) is 4.90 Å². The number of hydrogen-bond donors (Lipinski definition) is 0. The van der Waals surface area contributed by atoms with Crippen molar-refractivity contribution < 1.29 is 19.1 Å². The van der Waals surface area contributed by atoms with Gasteiger partial charge in [-0.1, -0.05) is 18.2 Å². The summed E-state index contributed by atoms with van der Waals surface area (Å²) in [4.78, 5) is 33.6. The van der Waals surface area contributed by atoms with Crippen LogP contribution in [0.15, 0.2) is 36.4 Å². The summed E-state index contributed by atoms with van der Waals surface area (Å²) >= 11 is 0. The fraction of sp³-hybridized carbons (Fsp3) is 0.542. The van der Waals surface area contributed by atoms with E-state index in [4.69, 9.17) is 9.47 Å². The fourth-order valence-corrected chi connectivity index (χ4v) is 4.24. The van der Waals surface area contributed by atoms with Crippen LogP contribution in [0.1, 0.15) is 40.0 Å². The van der Waals surface area contributed by atoms with Crippen molar-refractivity contribution in [1.29, 1.82) is 0 Å². The Morgan fingerprint density at radius 1 is 1.00 bits per heavy atom. The number of fused-ring (bicyclic) bond motifs is 1. The van der Waals surface area contributed by atoms with Gasteiger partial charge in [-0.2, -0.15) is 0 Å². The number of nitrogens with zero attached hydrogens (tertiary/aromatic N) is 3. The summed E-state index contributed by atoms with van der Waals surface area (Å²) in [6.07, 6.45) is 1.98. The van der Waals surface area contributed by atoms with E-state index >= 15 is 0 Å². The van der Waals surface area contributed by atoms with Gasteiger partial charge in [-0.15, -0.1) is 0 Å². The summed E-state index contributed by atoms with van der Waals surface area (Å²) in [5.41, 5.74) is 0.361. The molecule has 2 aliphatic heterocycles. The third-order valence-corrected chi connectivity index (χ3v) is 5.74. The van der Waals surface area contributed by atoms with Crippen LogP contribution in [-0.4, -0.2) is 64.7 Å². The van der Waals surface area contributed by atoms with Gasteiger partial charge in [-0.05, 0) is 45.7 Å². The number of carbonyl (C=O) groups is 2. The van der Waals surface area contributed by atoms with Crippen LogP contribution in [0.25, 0.3) is 10.9 Å². The van der Waals surface area contributed by atoms with Crippen molar-refractivity contribution >= 4 is 22.9 Å². The minimum Gasteiger partial charge on any atom is -0.472 e. The first-order chi connectivity index (χ1) is 14.8. The first kappa shape index (κ1) is 21.4. The van der Waals surface area contributed by atoms with Crippen molar-refractivity contribution in [1.82, 2.24) is 14.8 Å². The number of piperidine rings is 1. The average molecular weight is 426 g/mol. The molecule has 31 heavy (non-hydrogen) atoms. The van der Waals surface area contributed by atoms with Crippen LogP contribution >= 0.6 is 0 Å². The predicted molar refractivity (Wildman–Crippen MR) is 118 cm³/mol. The molecule has 0 saturated carbocycles. The van der Waals surface area contributed by atoms with Crippen molar-refractivity contribution in [3.8, 4) is 5.88 Å². The molecule has 2 unspecified atom stereocenters. The topological polar surface area (TPSA) is 72.0 Å². The molecular formula is C24H31N3O4. The number of para-hydroxylation sites is 1. The maximum absolute atomic E-state index is 13.1. The molecule has 0 N–H and O–H groups in total. The average Bonchev–Trinajstić information content (AvgIpc) is 3.20. The highest BCUT2D eigenvalue weighted by molar-refractivity contribution is 5.80. The predicted octanol–water partition coefficient (Wildman–Crippen LogP) is 3.86. The monoisotopic (exact) mass is 425 g/mol. The smallest absolute Gasteiger partial charge is 0.410 e. The van der Waals surface area contributed by atoms with Gasteiger partial charge < -0.3 is 19.3 Å². The van der Waals surface area contributed by atoms with E-state index in [0.29, 0.717) is 32.1 Å². The van der Waals surface area contributed by atoms with Crippen molar-refractivity contribution in [2.75, 3.05) is 26.2 Å². The van der Waals surface area contributed by atoms with Crippen LogP contribution in [-0.2, 0) is 9.53 Å². The Morgan fingerprint density at radius 3 is 2.61 bits per heavy atom. The summed E-state index contributed by atoms with van der Waals surface area (Å²) in [6.45, 7) is 7.83. The van der Waals surface area contributed by atoms with E-state index in [9.17, 15) is 9.59 Å². The Labute approximate surface area is 183 Å². The lowest BCUT2D eigenvalue weighted by Gasteiger charge is -2.35. The Kier molecular flexibility index (Phi) is 6.03. The molecule has 2 amide bonds. The molecule has 4 rings (SSSR count).